The molecule has 2 N–H and O–H groups in total. The van der Waals surface area contributed by atoms with E-state index in [1.807, 2.05) is 0 Å². The summed E-state index contributed by atoms with van der Waals surface area (Å²) in [4.78, 5) is 15.6. The van der Waals surface area contributed by atoms with Crippen LogP contribution in [0.1, 0.15) is 34.6 Å². The van der Waals surface area contributed by atoms with E-state index in [-0.39, 0.29) is 16.7 Å². The van der Waals surface area contributed by atoms with Crippen LogP contribution in [0.4, 0.5) is 5.82 Å². The lowest BCUT2D eigenvalue weighted by Crippen LogP contribution is -2.38. The van der Waals surface area contributed by atoms with Crippen molar-refractivity contribution in [3.8, 4) is 0 Å². The molecule has 6 heteroatoms. The van der Waals surface area contributed by atoms with Crippen LogP contribution in [0.15, 0.2) is 6.33 Å². The number of anilines is 1. The number of imidazole rings is 1. The van der Waals surface area contributed by atoms with Crippen molar-refractivity contribution < 1.29 is 0 Å². The molecule has 2 aromatic rings. The number of aromatic amines is 1. The van der Waals surface area contributed by atoms with Crippen molar-refractivity contribution in [3.05, 3.63) is 11.6 Å². The van der Waals surface area contributed by atoms with Gasteiger partial charge in [0.2, 0.25) is 5.28 Å². The van der Waals surface area contributed by atoms with E-state index in [0.717, 1.165) is 5.52 Å². The second-order valence-electron chi connectivity index (χ2n) is 6.17. The van der Waals surface area contributed by atoms with Gasteiger partial charge in [0, 0.05) is 6.04 Å². The van der Waals surface area contributed by atoms with Crippen LogP contribution in [0.3, 0.4) is 0 Å². The Balaban J connectivity index is 2.41. The van der Waals surface area contributed by atoms with E-state index in [1.165, 1.54) is 0 Å². The van der Waals surface area contributed by atoms with E-state index in [4.69, 9.17) is 11.6 Å². The maximum Gasteiger partial charge on any atom is 0.226 e. The van der Waals surface area contributed by atoms with Crippen LogP contribution in [-0.2, 0) is 0 Å². The lowest BCUT2D eigenvalue weighted by atomic mass is 9.80. The SMILES string of the molecule is CC(C)C(Nc1nc(Cl)nc2[nH]cnc12)C(C)(C)C. The Morgan fingerprint density at radius 1 is 1.26 bits per heavy atom. The molecule has 104 valence electrons. The van der Waals surface area contributed by atoms with E-state index in [9.17, 15) is 0 Å². The number of fused-ring (bicyclic) bond motifs is 1. The van der Waals surface area contributed by atoms with Crippen LogP contribution in [0.25, 0.3) is 11.2 Å². The van der Waals surface area contributed by atoms with Crippen LogP contribution >= 0.6 is 11.6 Å². The number of hydrogen-bond donors (Lipinski definition) is 2. The topological polar surface area (TPSA) is 66.5 Å². The summed E-state index contributed by atoms with van der Waals surface area (Å²) < 4.78 is 0. The molecular weight excluding hydrogens is 262 g/mol. The molecule has 2 rings (SSSR count). The number of H-pyrrole nitrogens is 1. The van der Waals surface area contributed by atoms with Gasteiger partial charge in [-0.2, -0.15) is 9.97 Å². The standard InChI is InChI=1S/C13H20ClN5/c1-7(2)9(13(3,4)5)17-11-8-10(16-6-15-8)18-12(14)19-11/h6-7,9H,1-5H3,(H2,15,16,17,18,19). The van der Waals surface area contributed by atoms with Crippen molar-refractivity contribution >= 4 is 28.6 Å². The molecule has 2 aromatic heterocycles. The highest BCUT2D eigenvalue weighted by molar-refractivity contribution is 6.28. The molecule has 0 saturated carbocycles. The monoisotopic (exact) mass is 281 g/mol. The molecule has 0 saturated heterocycles. The summed E-state index contributed by atoms with van der Waals surface area (Å²) in [6.07, 6.45) is 1.60. The van der Waals surface area contributed by atoms with Gasteiger partial charge in [0.15, 0.2) is 11.5 Å². The Bertz CT molecular complexity index is 570. The predicted molar refractivity (Wildman–Crippen MR) is 78.4 cm³/mol. The van der Waals surface area contributed by atoms with E-state index in [0.29, 0.717) is 17.4 Å². The number of nitrogens with zero attached hydrogens (tertiary/aromatic N) is 3. The molecule has 2 heterocycles. The zero-order valence-electron chi connectivity index (χ0n) is 12.0. The molecule has 0 fully saturated rings. The van der Waals surface area contributed by atoms with Crippen molar-refractivity contribution in [3.63, 3.8) is 0 Å². The van der Waals surface area contributed by atoms with Crippen LogP contribution in [0.2, 0.25) is 5.28 Å². The Labute approximate surface area is 118 Å². The first-order valence-electron chi connectivity index (χ1n) is 6.42. The molecule has 0 spiro atoms. The van der Waals surface area contributed by atoms with E-state index in [2.05, 4.69) is 59.9 Å². The first-order valence-corrected chi connectivity index (χ1v) is 6.80. The molecule has 1 atom stereocenters. The van der Waals surface area contributed by atoms with Gasteiger partial charge < -0.3 is 10.3 Å². The summed E-state index contributed by atoms with van der Waals surface area (Å²) in [6, 6.07) is 0.262. The first-order chi connectivity index (χ1) is 8.79. The summed E-state index contributed by atoms with van der Waals surface area (Å²) in [7, 11) is 0. The molecule has 0 aliphatic heterocycles. The lowest BCUT2D eigenvalue weighted by molar-refractivity contribution is 0.280. The number of hydrogen-bond acceptors (Lipinski definition) is 4. The largest absolute Gasteiger partial charge is 0.365 e. The van der Waals surface area contributed by atoms with Gasteiger partial charge in [-0.1, -0.05) is 34.6 Å². The lowest BCUT2D eigenvalue weighted by Gasteiger charge is -2.35. The number of rotatable bonds is 3. The highest BCUT2D eigenvalue weighted by Crippen LogP contribution is 2.30. The Kier molecular flexibility index (Phi) is 3.67. The summed E-state index contributed by atoms with van der Waals surface area (Å²) in [6.45, 7) is 11.0. The third-order valence-corrected chi connectivity index (χ3v) is 3.31. The highest BCUT2D eigenvalue weighted by atomic mass is 35.5. The van der Waals surface area contributed by atoms with Crippen molar-refractivity contribution in [2.45, 2.75) is 40.7 Å². The minimum atomic E-state index is 0.105. The van der Waals surface area contributed by atoms with Crippen LogP contribution < -0.4 is 5.32 Å². The van der Waals surface area contributed by atoms with Crippen molar-refractivity contribution in [2.75, 3.05) is 5.32 Å². The summed E-state index contributed by atoms with van der Waals surface area (Å²) >= 11 is 5.95. The van der Waals surface area contributed by atoms with Crippen LogP contribution in [0.5, 0.6) is 0 Å². The van der Waals surface area contributed by atoms with E-state index >= 15 is 0 Å². The van der Waals surface area contributed by atoms with Gasteiger partial charge in [-0.25, -0.2) is 4.98 Å². The van der Waals surface area contributed by atoms with Gasteiger partial charge >= 0.3 is 0 Å². The molecule has 0 amide bonds. The number of nitrogens with one attached hydrogen (secondary N) is 2. The summed E-state index contributed by atoms with van der Waals surface area (Å²) in [5.74, 6) is 1.15. The minimum Gasteiger partial charge on any atom is -0.365 e. The maximum atomic E-state index is 5.95. The average molecular weight is 282 g/mol. The molecule has 19 heavy (non-hydrogen) atoms. The number of halogens is 1. The molecule has 5 nitrogen and oxygen atoms in total. The molecule has 0 aromatic carbocycles. The third kappa shape index (κ3) is 2.97. The molecule has 0 radical (unpaired) electrons. The van der Waals surface area contributed by atoms with Gasteiger partial charge in [0.1, 0.15) is 5.52 Å². The quantitative estimate of drug-likeness (QED) is 0.845. The van der Waals surface area contributed by atoms with Gasteiger partial charge in [-0.15, -0.1) is 0 Å². The summed E-state index contributed by atoms with van der Waals surface area (Å²) in [5, 5.41) is 3.69. The van der Waals surface area contributed by atoms with Gasteiger partial charge in [-0.3, -0.25) is 0 Å². The second kappa shape index (κ2) is 4.96. The molecular formula is C13H20ClN5. The fourth-order valence-electron chi connectivity index (χ4n) is 2.44. The van der Waals surface area contributed by atoms with E-state index in [1.54, 1.807) is 6.33 Å². The highest BCUT2D eigenvalue weighted by Gasteiger charge is 2.28. The van der Waals surface area contributed by atoms with Crippen molar-refractivity contribution in [2.24, 2.45) is 11.3 Å². The van der Waals surface area contributed by atoms with Crippen molar-refractivity contribution in [1.82, 2.24) is 19.9 Å². The smallest absolute Gasteiger partial charge is 0.226 e. The fraction of sp³-hybridized carbons (Fsp3) is 0.615. The van der Waals surface area contributed by atoms with Crippen LogP contribution in [0, 0.1) is 11.3 Å². The van der Waals surface area contributed by atoms with E-state index < -0.39 is 0 Å². The zero-order valence-corrected chi connectivity index (χ0v) is 12.7. The van der Waals surface area contributed by atoms with Crippen LogP contribution in [-0.4, -0.2) is 26.0 Å². The van der Waals surface area contributed by atoms with Gasteiger partial charge in [-0.05, 0) is 22.9 Å². The fourth-order valence-corrected chi connectivity index (χ4v) is 2.61. The second-order valence-corrected chi connectivity index (χ2v) is 6.51. The van der Waals surface area contributed by atoms with Crippen molar-refractivity contribution in [1.29, 1.82) is 0 Å². The first kappa shape index (κ1) is 14.1. The maximum absolute atomic E-state index is 5.95. The third-order valence-electron chi connectivity index (χ3n) is 3.14. The molecule has 0 aliphatic rings. The molecule has 0 bridgehead atoms. The normalized spacial score (nSPS) is 14.1. The Hall–Kier alpha value is -1.36. The average Bonchev–Trinajstić information content (AvgIpc) is 2.70. The predicted octanol–water partition coefficient (Wildman–Crippen LogP) is 3.49. The van der Waals surface area contributed by atoms with Gasteiger partial charge in [0.05, 0.1) is 6.33 Å². The Morgan fingerprint density at radius 2 is 1.95 bits per heavy atom. The summed E-state index contributed by atoms with van der Waals surface area (Å²) in [5.41, 5.74) is 1.48. The zero-order chi connectivity index (χ0) is 14.2. The molecule has 0 aliphatic carbocycles. The van der Waals surface area contributed by atoms with Gasteiger partial charge in [0.25, 0.3) is 0 Å². The number of aromatic nitrogens is 4. The molecule has 1 unspecified atom stereocenters. The minimum absolute atomic E-state index is 0.105. The Morgan fingerprint density at radius 3 is 2.53 bits per heavy atom.